The molecule has 0 aliphatic heterocycles. The first-order valence-electron chi connectivity index (χ1n) is 8.87. The van der Waals surface area contributed by atoms with E-state index in [4.69, 9.17) is 4.74 Å². The first-order valence-corrected chi connectivity index (χ1v) is 8.87. The van der Waals surface area contributed by atoms with E-state index in [0.29, 0.717) is 16.7 Å². The molecule has 4 bridgehead atoms. The Labute approximate surface area is 134 Å². The first-order chi connectivity index (χ1) is 10.4. The number of carbonyl (C=O) groups excluding carboxylic acids is 1. The fourth-order valence-electron chi connectivity index (χ4n) is 6.45. The molecule has 0 aromatic rings. The standard InChI is InChI=1S/C18H32N2O2/c1-16-8-14-9-17(2,11-16)13-18(10-14,12-16)15(21)20-5-4-19-6-7-22-3/h14,19H,4-13H2,1-3H3,(H,20,21). The zero-order valence-electron chi connectivity index (χ0n) is 14.5. The van der Waals surface area contributed by atoms with Crippen LogP contribution in [-0.4, -0.2) is 39.3 Å². The number of nitrogens with one attached hydrogen (secondary N) is 2. The lowest BCUT2D eigenvalue weighted by atomic mass is 9.40. The maximum atomic E-state index is 12.9. The van der Waals surface area contributed by atoms with Gasteiger partial charge in [0.1, 0.15) is 0 Å². The smallest absolute Gasteiger partial charge is 0.226 e. The van der Waals surface area contributed by atoms with Crippen LogP contribution in [0.15, 0.2) is 0 Å². The lowest BCUT2D eigenvalue weighted by Gasteiger charge is -2.64. The number of carbonyl (C=O) groups is 1. The van der Waals surface area contributed by atoms with Gasteiger partial charge in [-0.05, 0) is 55.3 Å². The molecule has 22 heavy (non-hydrogen) atoms. The molecular weight excluding hydrogens is 276 g/mol. The van der Waals surface area contributed by atoms with Gasteiger partial charge in [0, 0.05) is 26.7 Å². The Kier molecular flexibility index (Phi) is 4.28. The highest BCUT2D eigenvalue weighted by atomic mass is 16.5. The number of hydrogen-bond donors (Lipinski definition) is 2. The third kappa shape index (κ3) is 3.05. The molecule has 2 atom stereocenters. The van der Waals surface area contributed by atoms with Crippen molar-refractivity contribution in [2.45, 2.75) is 52.4 Å². The van der Waals surface area contributed by atoms with Gasteiger partial charge in [-0.3, -0.25) is 4.79 Å². The van der Waals surface area contributed by atoms with Gasteiger partial charge in [-0.1, -0.05) is 13.8 Å². The van der Waals surface area contributed by atoms with Crippen molar-refractivity contribution < 1.29 is 9.53 Å². The van der Waals surface area contributed by atoms with Crippen molar-refractivity contribution >= 4 is 5.91 Å². The van der Waals surface area contributed by atoms with Crippen molar-refractivity contribution in [3.05, 3.63) is 0 Å². The molecular formula is C18H32N2O2. The third-order valence-corrected chi connectivity index (χ3v) is 6.18. The van der Waals surface area contributed by atoms with Gasteiger partial charge in [-0.2, -0.15) is 0 Å². The zero-order chi connectivity index (χ0) is 15.8. The second-order valence-electron chi connectivity index (χ2n) is 8.91. The van der Waals surface area contributed by atoms with Crippen molar-refractivity contribution in [2.75, 3.05) is 33.4 Å². The van der Waals surface area contributed by atoms with Crippen molar-refractivity contribution in [1.29, 1.82) is 0 Å². The summed E-state index contributed by atoms with van der Waals surface area (Å²) in [4.78, 5) is 12.9. The van der Waals surface area contributed by atoms with E-state index in [-0.39, 0.29) is 5.41 Å². The zero-order valence-corrected chi connectivity index (χ0v) is 14.5. The van der Waals surface area contributed by atoms with E-state index in [2.05, 4.69) is 24.5 Å². The molecule has 0 saturated heterocycles. The van der Waals surface area contributed by atoms with E-state index in [1.807, 2.05) is 0 Å². The van der Waals surface area contributed by atoms with E-state index in [9.17, 15) is 4.79 Å². The minimum absolute atomic E-state index is 0.0740. The summed E-state index contributed by atoms with van der Waals surface area (Å²) < 4.78 is 5.01. The lowest BCUT2D eigenvalue weighted by molar-refractivity contribution is -0.170. The van der Waals surface area contributed by atoms with E-state index in [1.165, 1.54) is 19.3 Å². The Balaban J connectivity index is 1.56. The van der Waals surface area contributed by atoms with Crippen LogP contribution in [0.25, 0.3) is 0 Å². The molecule has 0 heterocycles. The SMILES string of the molecule is COCCNCCNC(=O)C12CC3CC(C)(CC(C)(C3)C1)C2. The van der Waals surface area contributed by atoms with Crippen LogP contribution in [0.5, 0.6) is 0 Å². The van der Waals surface area contributed by atoms with Crippen molar-refractivity contribution in [2.24, 2.45) is 22.2 Å². The maximum absolute atomic E-state index is 12.9. The van der Waals surface area contributed by atoms with Gasteiger partial charge in [0.25, 0.3) is 0 Å². The number of ether oxygens (including phenoxy) is 1. The minimum Gasteiger partial charge on any atom is -0.383 e. The molecule has 4 fully saturated rings. The monoisotopic (exact) mass is 308 g/mol. The predicted octanol–water partition coefficient (Wildman–Crippen LogP) is 2.34. The molecule has 126 valence electrons. The Morgan fingerprint density at radius 1 is 1.05 bits per heavy atom. The molecule has 4 saturated carbocycles. The molecule has 4 rings (SSSR count). The fourth-order valence-corrected chi connectivity index (χ4v) is 6.45. The largest absolute Gasteiger partial charge is 0.383 e. The topological polar surface area (TPSA) is 50.4 Å². The highest BCUT2D eigenvalue weighted by Gasteiger charge is 2.62. The summed E-state index contributed by atoms with van der Waals surface area (Å²) >= 11 is 0. The Hall–Kier alpha value is -0.610. The summed E-state index contributed by atoms with van der Waals surface area (Å²) in [6, 6.07) is 0. The predicted molar refractivity (Wildman–Crippen MR) is 87.6 cm³/mol. The molecule has 4 heteroatoms. The van der Waals surface area contributed by atoms with Gasteiger partial charge in [0.15, 0.2) is 0 Å². The number of rotatable bonds is 7. The molecule has 0 aromatic carbocycles. The normalized spacial score (nSPS) is 42.6. The van der Waals surface area contributed by atoms with Gasteiger partial charge in [0.05, 0.1) is 12.0 Å². The molecule has 0 spiro atoms. The second-order valence-corrected chi connectivity index (χ2v) is 8.91. The molecule has 2 N–H and O–H groups in total. The van der Waals surface area contributed by atoms with Gasteiger partial charge < -0.3 is 15.4 Å². The molecule has 1 amide bonds. The molecule has 4 aliphatic carbocycles. The highest BCUT2D eigenvalue weighted by molar-refractivity contribution is 5.83. The van der Waals surface area contributed by atoms with E-state index in [0.717, 1.165) is 51.4 Å². The van der Waals surface area contributed by atoms with Crippen LogP contribution in [0.1, 0.15) is 52.4 Å². The molecule has 0 radical (unpaired) electrons. The van der Waals surface area contributed by atoms with E-state index < -0.39 is 0 Å². The second kappa shape index (κ2) is 5.79. The van der Waals surface area contributed by atoms with Crippen LogP contribution in [0, 0.1) is 22.2 Å². The summed E-state index contributed by atoms with van der Waals surface area (Å²) in [6.07, 6.45) is 7.35. The van der Waals surface area contributed by atoms with E-state index >= 15 is 0 Å². The van der Waals surface area contributed by atoms with Crippen molar-refractivity contribution in [3.8, 4) is 0 Å². The van der Waals surface area contributed by atoms with Crippen LogP contribution in [-0.2, 0) is 9.53 Å². The first kappa shape index (κ1) is 16.3. The number of hydrogen-bond acceptors (Lipinski definition) is 3. The van der Waals surface area contributed by atoms with Crippen LogP contribution in [0.3, 0.4) is 0 Å². The highest BCUT2D eigenvalue weighted by Crippen LogP contribution is 2.69. The average molecular weight is 308 g/mol. The van der Waals surface area contributed by atoms with Crippen molar-refractivity contribution in [3.63, 3.8) is 0 Å². The Morgan fingerprint density at radius 3 is 2.32 bits per heavy atom. The quantitative estimate of drug-likeness (QED) is 0.710. The van der Waals surface area contributed by atoms with E-state index in [1.54, 1.807) is 7.11 Å². The summed E-state index contributed by atoms with van der Waals surface area (Å²) in [5.74, 6) is 1.10. The van der Waals surface area contributed by atoms with Gasteiger partial charge in [0.2, 0.25) is 5.91 Å². The van der Waals surface area contributed by atoms with Gasteiger partial charge in [-0.15, -0.1) is 0 Å². The lowest BCUT2D eigenvalue weighted by Crippen LogP contribution is -2.60. The number of amides is 1. The molecule has 4 aliphatic rings. The molecule has 4 nitrogen and oxygen atoms in total. The maximum Gasteiger partial charge on any atom is 0.226 e. The summed E-state index contributed by atoms with van der Waals surface area (Å²) in [6.45, 7) is 7.95. The van der Waals surface area contributed by atoms with Crippen LogP contribution < -0.4 is 10.6 Å². The summed E-state index contributed by atoms with van der Waals surface area (Å²) in [7, 11) is 1.71. The molecule has 2 unspecified atom stereocenters. The number of methoxy groups -OCH3 is 1. The summed E-state index contributed by atoms with van der Waals surface area (Å²) in [5, 5.41) is 6.50. The van der Waals surface area contributed by atoms with Gasteiger partial charge in [-0.25, -0.2) is 0 Å². The average Bonchev–Trinajstić information content (AvgIpc) is 2.38. The molecule has 0 aromatic heterocycles. The fraction of sp³-hybridized carbons (Fsp3) is 0.944. The van der Waals surface area contributed by atoms with Crippen LogP contribution >= 0.6 is 0 Å². The van der Waals surface area contributed by atoms with Gasteiger partial charge >= 0.3 is 0 Å². The minimum atomic E-state index is -0.0740. The van der Waals surface area contributed by atoms with Crippen LogP contribution in [0.4, 0.5) is 0 Å². The van der Waals surface area contributed by atoms with Crippen LogP contribution in [0.2, 0.25) is 0 Å². The summed E-state index contributed by atoms with van der Waals surface area (Å²) in [5.41, 5.74) is 0.736. The van der Waals surface area contributed by atoms with Crippen molar-refractivity contribution in [1.82, 2.24) is 10.6 Å². The Bertz CT molecular complexity index is 419. The Morgan fingerprint density at radius 2 is 1.73 bits per heavy atom. The third-order valence-electron chi connectivity index (χ3n) is 6.18.